The molecule has 2 aromatic carbocycles. The number of carbonyl (C=O) groups is 1. The van der Waals surface area contributed by atoms with Crippen LogP contribution in [0.25, 0.3) is 0 Å². The van der Waals surface area contributed by atoms with Crippen LogP contribution < -0.4 is 10.1 Å². The van der Waals surface area contributed by atoms with Crippen LogP contribution in [0, 0.1) is 0 Å². The molecule has 1 aliphatic heterocycles. The molecule has 0 atom stereocenters. The highest BCUT2D eigenvalue weighted by Gasteiger charge is 2.25. The molecule has 0 unspecified atom stereocenters. The molecule has 6 nitrogen and oxygen atoms in total. The maximum Gasteiger partial charge on any atom is 0.262 e. The number of nitrogens with zero attached hydrogens (tertiary/aromatic N) is 1. The number of nitrogens with one attached hydrogen (secondary N) is 1. The molecule has 2 aromatic rings. The summed E-state index contributed by atoms with van der Waals surface area (Å²) in [6.07, 6.45) is 3.87. The first-order valence-corrected chi connectivity index (χ1v) is 11.9. The van der Waals surface area contributed by atoms with E-state index in [1.165, 1.54) is 6.07 Å². The lowest BCUT2D eigenvalue weighted by Gasteiger charge is -2.20. The fourth-order valence-corrected chi connectivity index (χ4v) is 5.16. The fourth-order valence-electron chi connectivity index (χ4n) is 3.59. The van der Waals surface area contributed by atoms with E-state index in [1.54, 1.807) is 22.5 Å². The van der Waals surface area contributed by atoms with Gasteiger partial charge in [0, 0.05) is 18.8 Å². The van der Waals surface area contributed by atoms with E-state index in [9.17, 15) is 13.2 Å². The standard InChI is InChI=1S/C23H30N2O4S/c1-18(2)21-12-5-6-13-22(21)29-17-23(26)24-19-10-9-11-20(16-19)30(27,28)25-14-7-3-4-8-15-25/h5-6,9-13,16,18H,3-4,7-8,14-15,17H2,1-2H3,(H,24,26). The Morgan fingerprint density at radius 1 is 1.03 bits per heavy atom. The zero-order valence-electron chi connectivity index (χ0n) is 17.6. The Kier molecular flexibility index (Phi) is 7.50. The largest absolute Gasteiger partial charge is 0.483 e. The quantitative estimate of drug-likeness (QED) is 0.707. The summed E-state index contributed by atoms with van der Waals surface area (Å²) in [5.41, 5.74) is 1.48. The molecule has 1 aliphatic rings. The second-order valence-corrected chi connectivity index (χ2v) is 9.81. The van der Waals surface area contributed by atoms with Crippen molar-refractivity contribution in [3.8, 4) is 5.75 Å². The van der Waals surface area contributed by atoms with Crippen LogP contribution in [0.5, 0.6) is 5.75 Å². The smallest absolute Gasteiger partial charge is 0.262 e. The molecule has 0 aromatic heterocycles. The van der Waals surface area contributed by atoms with Crippen molar-refractivity contribution in [1.29, 1.82) is 0 Å². The second kappa shape index (κ2) is 10.1. The van der Waals surface area contributed by atoms with Crippen LogP contribution in [0.15, 0.2) is 53.4 Å². The van der Waals surface area contributed by atoms with Gasteiger partial charge in [-0.2, -0.15) is 4.31 Å². The molecule has 0 spiro atoms. The van der Waals surface area contributed by atoms with Crippen LogP contribution in [-0.4, -0.2) is 38.3 Å². The Morgan fingerprint density at radius 3 is 2.43 bits per heavy atom. The first kappa shape index (κ1) is 22.3. The summed E-state index contributed by atoms with van der Waals surface area (Å²) in [5, 5.41) is 2.74. The molecule has 1 amide bonds. The molecule has 3 rings (SSSR count). The number of anilines is 1. The van der Waals surface area contributed by atoms with Crippen molar-refractivity contribution in [2.45, 2.75) is 50.3 Å². The maximum absolute atomic E-state index is 13.0. The van der Waals surface area contributed by atoms with Crippen molar-refractivity contribution < 1.29 is 17.9 Å². The Hall–Kier alpha value is -2.38. The average molecular weight is 431 g/mol. The number of carbonyl (C=O) groups excluding carboxylic acids is 1. The summed E-state index contributed by atoms with van der Waals surface area (Å²) < 4.78 is 33.2. The predicted octanol–water partition coefficient (Wildman–Crippen LogP) is 4.39. The lowest BCUT2D eigenvalue weighted by atomic mass is 10.0. The highest BCUT2D eigenvalue weighted by molar-refractivity contribution is 7.89. The molecular weight excluding hydrogens is 400 g/mol. The van der Waals surface area contributed by atoms with Gasteiger partial charge in [-0.25, -0.2) is 8.42 Å². The van der Waals surface area contributed by atoms with Crippen LogP contribution in [-0.2, 0) is 14.8 Å². The fraction of sp³-hybridized carbons (Fsp3) is 0.435. The van der Waals surface area contributed by atoms with Crippen LogP contribution in [0.1, 0.15) is 51.0 Å². The highest BCUT2D eigenvalue weighted by atomic mass is 32.2. The van der Waals surface area contributed by atoms with Crippen molar-refractivity contribution in [3.05, 3.63) is 54.1 Å². The third kappa shape index (κ3) is 5.61. The second-order valence-electron chi connectivity index (χ2n) is 7.88. The van der Waals surface area contributed by atoms with E-state index >= 15 is 0 Å². The minimum absolute atomic E-state index is 0.146. The summed E-state index contributed by atoms with van der Waals surface area (Å²) in [4.78, 5) is 12.6. The Balaban J connectivity index is 1.66. The summed E-state index contributed by atoms with van der Waals surface area (Å²) in [6.45, 7) is 5.08. The van der Waals surface area contributed by atoms with Gasteiger partial charge in [-0.1, -0.05) is 51.0 Å². The van der Waals surface area contributed by atoms with Crippen molar-refractivity contribution in [1.82, 2.24) is 4.31 Å². The lowest BCUT2D eigenvalue weighted by molar-refractivity contribution is -0.118. The normalized spacial score (nSPS) is 15.6. The van der Waals surface area contributed by atoms with Crippen molar-refractivity contribution in [2.75, 3.05) is 25.0 Å². The molecule has 0 aliphatic carbocycles. The SMILES string of the molecule is CC(C)c1ccccc1OCC(=O)Nc1cccc(S(=O)(=O)N2CCCCCC2)c1. The van der Waals surface area contributed by atoms with Gasteiger partial charge in [0.15, 0.2) is 6.61 Å². The number of benzene rings is 2. The van der Waals surface area contributed by atoms with Crippen LogP contribution >= 0.6 is 0 Å². The number of hydrogen-bond acceptors (Lipinski definition) is 4. The topological polar surface area (TPSA) is 75.7 Å². The zero-order valence-corrected chi connectivity index (χ0v) is 18.5. The van der Waals surface area contributed by atoms with E-state index in [4.69, 9.17) is 4.74 Å². The van der Waals surface area contributed by atoms with E-state index in [2.05, 4.69) is 19.2 Å². The molecule has 0 saturated carbocycles. The Labute approximate surface area is 179 Å². The van der Waals surface area contributed by atoms with Crippen LogP contribution in [0.4, 0.5) is 5.69 Å². The van der Waals surface area contributed by atoms with Gasteiger partial charge in [0.05, 0.1) is 4.90 Å². The molecule has 30 heavy (non-hydrogen) atoms. The molecule has 0 radical (unpaired) electrons. The molecule has 1 N–H and O–H groups in total. The van der Waals surface area contributed by atoms with Crippen molar-refractivity contribution in [3.63, 3.8) is 0 Å². The Bertz CT molecular complexity index is 965. The van der Waals surface area contributed by atoms with Gasteiger partial charge in [0.1, 0.15) is 5.75 Å². The van der Waals surface area contributed by atoms with Gasteiger partial charge in [-0.05, 0) is 48.6 Å². The number of ether oxygens (including phenoxy) is 1. The zero-order chi connectivity index (χ0) is 21.6. The summed E-state index contributed by atoms with van der Waals surface area (Å²) >= 11 is 0. The average Bonchev–Trinajstić information content (AvgIpc) is 3.03. The molecule has 0 bridgehead atoms. The molecular formula is C23H30N2O4S. The third-order valence-corrected chi connectivity index (χ3v) is 7.12. The van der Waals surface area contributed by atoms with Crippen molar-refractivity contribution in [2.24, 2.45) is 0 Å². The monoisotopic (exact) mass is 430 g/mol. The third-order valence-electron chi connectivity index (χ3n) is 5.22. The highest BCUT2D eigenvalue weighted by Crippen LogP contribution is 2.26. The van der Waals surface area contributed by atoms with E-state index < -0.39 is 10.0 Å². The summed E-state index contributed by atoms with van der Waals surface area (Å²) in [7, 11) is -3.56. The number of sulfonamides is 1. The number of amides is 1. The van der Waals surface area contributed by atoms with Crippen LogP contribution in [0.3, 0.4) is 0 Å². The molecule has 162 valence electrons. The predicted molar refractivity (Wildman–Crippen MR) is 118 cm³/mol. The maximum atomic E-state index is 13.0. The molecule has 7 heteroatoms. The Morgan fingerprint density at radius 2 is 1.73 bits per heavy atom. The number of rotatable bonds is 7. The van der Waals surface area contributed by atoms with E-state index in [-0.39, 0.29) is 23.3 Å². The van der Waals surface area contributed by atoms with Gasteiger partial charge in [0.25, 0.3) is 5.91 Å². The van der Waals surface area contributed by atoms with E-state index in [1.807, 2.05) is 24.3 Å². The van der Waals surface area contributed by atoms with E-state index in [0.29, 0.717) is 24.5 Å². The van der Waals surface area contributed by atoms with Gasteiger partial charge < -0.3 is 10.1 Å². The number of para-hydroxylation sites is 1. The summed E-state index contributed by atoms with van der Waals surface area (Å²) in [6, 6.07) is 14.1. The van der Waals surface area contributed by atoms with Crippen molar-refractivity contribution >= 4 is 21.6 Å². The van der Waals surface area contributed by atoms with E-state index in [0.717, 1.165) is 31.2 Å². The van der Waals surface area contributed by atoms with Gasteiger partial charge in [0.2, 0.25) is 10.0 Å². The van der Waals surface area contributed by atoms with Gasteiger partial charge in [-0.15, -0.1) is 0 Å². The molecule has 1 heterocycles. The molecule has 1 saturated heterocycles. The number of hydrogen-bond donors (Lipinski definition) is 1. The first-order valence-electron chi connectivity index (χ1n) is 10.5. The minimum atomic E-state index is -3.56. The van der Waals surface area contributed by atoms with Gasteiger partial charge in [-0.3, -0.25) is 4.79 Å². The van der Waals surface area contributed by atoms with Crippen LogP contribution in [0.2, 0.25) is 0 Å². The first-order chi connectivity index (χ1) is 14.4. The summed E-state index contributed by atoms with van der Waals surface area (Å²) in [5.74, 6) is 0.628. The van der Waals surface area contributed by atoms with Gasteiger partial charge >= 0.3 is 0 Å². The lowest BCUT2D eigenvalue weighted by Crippen LogP contribution is -2.32. The minimum Gasteiger partial charge on any atom is -0.483 e. The molecule has 1 fully saturated rings.